The van der Waals surface area contributed by atoms with Gasteiger partial charge in [-0.2, -0.15) is 13.2 Å². The molecule has 134 valence electrons. The normalized spacial score (nSPS) is 12.5. The van der Waals surface area contributed by atoms with E-state index in [4.69, 9.17) is 9.84 Å². The van der Waals surface area contributed by atoms with Gasteiger partial charge in [0.1, 0.15) is 11.9 Å². The van der Waals surface area contributed by atoms with Crippen molar-refractivity contribution < 1.29 is 27.8 Å². The lowest BCUT2D eigenvalue weighted by Gasteiger charge is -2.22. The Hall–Kier alpha value is -2.70. The van der Waals surface area contributed by atoms with Gasteiger partial charge in [-0.1, -0.05) is 30.3 Å². The molecule has 2 rings (SSSR count). The van der Waals surface area contributed by atoms with Crippen molar-refractivity contribution >= 4 is 6.09 Å². The first kappa shape index (κ1) is 18.6. The smallest absolute Gasteiger partial charge is 0.416 e. The molecule has 2 aromatic carbocycles. The first-order valence-electron chi connectivity index (χ1n) is 7.60. The molecule has 0 radical (unpaired) electrons. The third-order valence-electron chi connectivity index (χ3n) is 3.68. The van der Waals surface area contributed by atoms with Gasteiger partial charge in [-0.3, -0.25) is 0 Å². The van der Waals surface area contributed by atoms with Crippen molar-refractivity contribution in [2.45, 2.75) is 18.7 Å². The highest BCUT2D eigenvalue weighted by Crippen LogP contribution is 2.32. The predicted molar refractivity (Wildman–Crippen MR) is 86.5 cm³/mol. The Bertz CT molecular complexity index is 687. The molecule has 25 heavy (non-hydrogen) atoms. The van der Waals surface area contributed by atoms with Gasteiger partial charge in [0.25, 0.3) is 0 Å². The maximum absolute atomic E-state index is 12.6. The summed E-state index contributed by atoms with van der Waals surface area (Å²) in [7, 11) is 1.45. The summed E-state index contributed by atoms with van der Waals surface area (Å²) in [6, 6.07) is 13.6. The van der Waals surface area contributed by atoms with Crippen LogP contribution < -0.4 is 4.74 Å². The molecule has 0 saturated heterocycles. The zero-order valence-corrected chi connectivity index (χ0v) is 13.5. The first-order valence-corrected chi connectivity index (χ1v) is 7.60. The number of ether oxygens (including phenoxy) is 1. The summed E-state index contributed by atoms with van der Waals surface area (Å²) in [4.78, 5) is 12.0. The van der Waals surface area contributed by atoms with Gasteiger partial charge in [0.2, 0.25) is 0 Å². The van der Waals surface area contributed by atoms with Gasteiger partial charge in [-0.25, -0.2) is 4.79 Å². The fourth-order valence-electron chi connectivity index (χ4n) is 2.25. The molecule has 0 aromatic heterocycles. The van der Waals surface area contributed by atoms with E-state index >= 15 is 0 Å². The summed E-state index contributed by atoms with van der Waals surface area (Å²) >= 11 is 0. The lowest BCUT2D eigenvalue weighted by Crippen LogP contribution is -2.27. The number of carbonyl (C=O) groups is 1. The molecular weight excluding hydrogens is 335 g/mol. The number of amides is 1. The summed E-state index contributed by atoms with van der Waals surface area (Å²) in [5.74, 6) is 0.292. The molecule has 4 nitrogen and oxygen atoms in total. The van der Waals surface area contributed by atoms with Crippen molar-refractivity contribution in [1.82, 2.24) is 4.90 Å². The summed E-state index contributed by atoms with van der Waals surface area (Å²) in [5, 5.41) is 8.94. The van der Waals surface area contributed by atoms with Crippen LogP contribution in [-0.4, -0.2) is 29.7 Å². The van der Waals surface area contributed by atoms with Gasteiger partial charge in [-0.15, -0.1) is 0 Å². The van der Waals surface area contributed by atoms with E-state index in [2.05, 4.69) is 0 Å². The zero-order chi connectivity index (χ0) is 18.4. The summed E-state index contributed by atoms with van der Waals surface area (Å²) in [6.45, 7) is 0.232. The SMILES string of the molecule is CN(CCC(Oc1ccc(C(F)(F)F)cc1)c1ccccc1)C(=O)O. The molecule has 0 heterocycles. The van der Waals surface area contributed by atoms with Crippen LogP contribution in [-0.2, 0) is 6.18 Å². The van der Waals surface area contributed by atoms with E-state index < -0.39 is 23.9 Å². The average molecular weight is 353 g/mol. The third-order valence-corrected chi connectivity index (χ3v) is 3.68. The molecule has 2 aromatic rings. The number of alkyl halides is 3. The highest BCUT2D eigenvalue weighted by molar-refractivity contribution is 5.64. The minimum Gasteiger partial charge on any atom is -0.486 e. The fraction of sp³-hybridized carbons (Fsp3) is 0.278. The van der Waals surface area contributed by atoms with Crippen LogP contribution in [0.1, 0.15) is 23.7 Å². The molecule has 1 unspecified atom stereocenters. The van der Waals surface area contributed by atoms with Crippen molar-refractivity contribution in [3.05, 3.63) is 65.7 Å². The number of benzene rings is 2. The summed E-state index contributed by atoms with van der Waals surface area (Å²) in [5.41, 5.74) is 0.0721. The van der Waals surface area contributed by atoms with Crippen LogP contribution in [0.5, 0.6) is 5.75 Å². The maximum atomic E-state index is 12.6. The van der Waals surface area contributed by atoms with Gasteiger partial charge >= 0.3 is 12.3 Å². The molecule has 0 saturated carbocycles. The topological polar surface area (TPSA) is 49.8 Å². The van der Waals surface area contributed by atoms with E-state index in [1.54, 1.807) is 0 Å². The monoisotopic (exact) mass is 353 g/mol. The van der Waals surface area contributed by atoms with E-state index in [-0.39, 0.29) is 6.54 Å². The van der Waals surface area contributed by atoms with Gasteiger partial charge < -0.3 is 14.7 Å². The lowest BCUT2D eigenvalue weighted by molar-refractivity contribution is -0.137. The molecule has 0 aliphatic carbocycles. The van der Waals surface area contributed by atoms with Crippen molar-refractivity contribution in [1.29, 1.82) is 0 Å². The van der Waals surface area contributed by atoms with Crippen LogP contribution in [0.25, 0.3) is 0 Å². The van der Waals surface area contributed by atoms with Crippen LogP contribution >= 0.6 is 0 Å². The quantitative estimate of drug-likeness (QED) is 0.810. The molecular formula is C18H18F3NO3. The molecule has 0 bridgehead atoms. The lowest BCUT2D eigenvalue weighted by atomic mass is 10.1. The van der Waals surface area contributed by atoms with Crippen LogP contribution in [0.3, 0.4) is 0 Å². The number of carboxylic acid groups (broad SMARTS) is 1. The first-order chi connectivity index (χ1) is 11.8. The second-order valence-corrected chi connectivity index (χ2v) is 5.53. The second-order valence-electron chi connectivity index (χ2n) is 5.53. The van der Waals surface area contributed by atoms with Crippen molar-refractivity contribution in [3.8, 4) is 5.75 Å². The van der Waals surface area contributed by atoms with Crippen LogP contribution in [0.15, 0.2) is 54.6 Å². The predicted octanol–water partition coefficient (Wildman–Crippen LogP) is 4.83. The Kier molecular flexibility index (Phi) is 5.90. The van der Waals surface area contributed by atoms with E-state index in [0.717, 1.165) is 22.6 Å². The average Bonchev–Trinajstić information content (AvgIpc) is 2.58. The largest absolute Gasteiger partial charge is 0.486 e. The number of hydrogen-bond acceptors (Lipinski definition) is 2. The molecule has 1 amide bonds. The van der Waals surface area contributed by atoms with Gasteiger partial charge in [0, 0.05) is 20.0 Å². The number of rotatable bonds is 6. The van der Waals surface area contributed by atoms with E-state index in [9.17, 15) is 18.0 Å². The Morgan fingerprint density at radius 2 is 1.72 bits per heavy atom. The molecule has 0 aliphatic heterocycles. The Morgan fingerprint density at radius 3 is 2.24 bits per heavy atom. The van der Waals surface area contributed by atoms with Crippen LogP contribution in [0.2, 0.25) is 0 Å². The molecule has 1 N–H and O–H groups in total. The van der Waals surface area contributed by atoms with Gasteiger partial charge in [0.05, 0.1) is 5.56 Å². The van der Waals surface area contributed by atoms with E-state index in [1.807, 2.05) is 30.3 Å². The maximum Gasteiger partial charge on any atom is 0.416 e. The van der Waals surface area contributed by atoms with Gasteiger partial charge in [-0.05, 0) is 29.8 Å². The summed E-state index contributed by atoms with van der Waals surface area (Å²) in [6.07, 6.45) is -5.56. The standard InChI is InChI=1S/C18H18F3NO3/c1-22(17(23)24)12-11-16(13-5-3-2-4-6-13)25-15-9-7-14(8-10-15)18(19,20)21/h2-10,16H,11-12H2,1H3,(H,23,24). The minimum atomic E-state index is -4.40. The molecule has 0 spiro atoms. The molecule has 0 fully saturated rings. The highest BCUT2D eigenvalue weighted by atomic mass is 19.4. The van der Waals surface area contributed by atoms with Crippen molar-refractivity contribution in [2.24, 2.45) is 0 Å². The van der Waals surface area contributed by atoms with Crippen molar-refractivity contribution in [3.63, 3.8) is 0 Å². The summed E-state index contributed by atoms with van der Waals surface area (Å²) < 4.78 is 43.7. The second kappa shape index (κ2) is 7.92. The van der Waals surface area contributed by atoms with E-state index in [1.165, 1.54) is 19.2 Å². The van der Waals surface area contributed by atoms with Crippen LogP contribution in [0, 0.1) is 0 Å². The van der Waals surface area contributed by atoms with E-state index in [0.29, 0.717) is 12.2 Å². The zero-order valence-electron chi connectivity index (χ0n) is 13.5. The number of hydrogen-bond donors (Lipinski definition) is 1. The fourth-order valence-corrected chi connectivity index (χ4v) is 2.25. The Balaban J connectivity index is 2.14. The van der Waals surface area contributed by atoms with Crippen molar-refractivity contribution in [2.75, 3.05) is 13.6 Å². The highest BCUT2D eigenvalue weighted by Gasteiger charge is 2.30. The number of halogens is 3. The molecule has 1 atom stereocenters. The molecule has 7 heteroatoms. The van der Waals surface area contributed by atoms with Crippen LogP contribution in [0.4, 0.5) is 18.0 Å². The number of nitrogens with zero attached hydrogens (tertiary/aromatic N) is 1. The minimum absolute atomic E-state index is 0.232. The molecule has 0 aliphatic rings. The Labute approximate surface area is 143 Å². The third kappa shape index (κ3) is 5.41. The Morgan fingerprint density at radius 1 is 1.12 bits per heavy atom. The van der Waals surface area contributed by atoms with Gasteiger partial charge in [0.15, 0.2) is 0 Å².